The predicted molar refractivity (Wildman–Crippen MR) is 77.6 cm³/mol. The number of furan rings is 1. The molecule has 3 aromatic heterocycles. The minimum atomic E-state index is 0.197. The second-order valence-electron chi connectivity index (χ2n) is 4.36. The van der Waals surface area contributed by atoms with Gasteiger partial charge in [-0.25, -0.2) is 9.97 Å². The number of fused-ring (bicyclic) bond motifs is 3. The number of nitrogens with zero attached hydrogens (tertiary/aromatic N) is 3. The summed E-state index contributed by atoms with van der Waals surface area (Å²) in [5, 5.41) is 1.12. The lowest BCUT2D eigenvalue weighted by Gasteiger charge is -2.01. The lowest BCUT2D eigenvalue weighted by Crippen LogP contribution is -1.89. The summed E-state index contributed by atoms with van der Waals surface area (Å²) in [5.41, 5.74) is 3.62. The highest BCUT2D eigenvalue weighted by molar-refractivity contribution is 6.29. The molecule has 0 aliphatic carbocycles. The van der Waals surface area contributed by atoms with Crippen LogP contribution in [0, 0.1) is 0 Å². The van der Waals surface area contributed by atoms with Crippen LogP contribution in [0.25, 0.3) is 33.3 Å². The molecule has 0 saturated carbocycles. The molecular weight excluding hydrogens is 274 g/mol. The van der Waals surface area contributed by atoms with E-state index in [1.807, 2.05) is 36.4 Å². The maximum Gasteiger partial charge on any atom is 0.223 e. The molecule has 4 rings (SSSR count). The Balaban J connectivity index is 2.16. The highest BCUT2D eigenvalue weighted by Crippen LogP contribution is 2.33. The molecule has 0 bridgehead atoms. The first-order valence-corrected chi connectivity index (χ1v) is 6.46. The van der Waals surface area contributed by atoms with Gasteiger partial charge in [0.05, 0.1) is 0 Å². The zero-order chi connectivity index (χ0) is 13.5. The van der Waals surface area contributed by atoms with Crippen molar-refractivity contribution in [2.45, 2.75) is 0 Å². The van der Waals surface area contributed by atoms with Gasteiger partial charge in [0.2, 0.25) is 5.28 Å². The molecule has 0 N–H and O–H groups in total. The van der Waals surface area contributed by atoms with Crippen molar-refractivity contribution in [3.8, 4) is 11.3 Å². The molecule has 5 heteroatoms. The maximum atomic E-state index is 6.05. The first-order chi connectivity index (χ1) is 9.83. The van der Waals surface area contributed by atoms with Crippen molar-refractivity contribution in [2.24, 2.45) is 0 Å². The molecule has 0 saturated heterocycles. The Labute approximate surface area is 119 Å². The summed E-state index contributed by atoms with van der Waals surface area (Å²) in [5.74, 6) is 0. The van der Waals surface area contributed by atoms with Crippen molar-refractivity contribution in [3.05, 3.63) is 54.1 Å². The second kappa shape index (κ2) is 4.28. The van der Waals surface area contributed by atoms with Gasteiger partial charge in [-0.2, -0.15) is 0 Å². The van der Waals surface area contributed by atoms with Crippen LogP contribution >= 0.6 is 11.6 Å². The molecule has 20 heavy (non-hydrogen) atoms. The molecule has 0 aliphatic heterocycles. The molecule has 0 atom stereocenters. The standard InChI is InChI=1S/C15H8ClN3O/c16-15-18-12(9-4-3-7-17-8-9)14-13(19-15)10-5-1-2-6-11(10)20-14/h1-8H. The van der Waals surface area contributed by atoms with Gasteiger partial charge < -0.3 is 4.42 Å². The zero-order valence-electron chi connectivity index (χ0n) is 10.2. The van der Waals surface area contributed by atoms with Crippen LogP contribution in [0.5, 0.6) is 0 Å². The van der Waals surface area contributed by atoms with Crippen LogP contribution in [-0.4, -0.2) is 15.0 Å². The summed E-state index contributed by atoms with van der Waals surface area (Å²) in [4.78, 5) is 12.7. The zero-order valence-corrected chi connectivity index (χ0v) is 11.0. The molecule has 96 valence electrons. The van der Waals surface area contributed by atoms with Gasteiger partial charge in [0.1, 0.15) is 16.8 Å². The van der Waals surface area contributed by atoms with Crippen molar-refractivity contribution in [1.82, 2.24) is 15.0 Å². The van der Waals surface area contributed by atoms with Gasteiger partial charge in [0.15, 0.2) is 5.58 Å². The van der Waals surface area contributed by atoms with Crippen LogP contribution in [0.1, 0.15) is 0 Å². The van der Waals surface area contributed by atoms with Gasteiger partial charge in [0, 0.05) is 23.3 Å². The van der Waals surface area contributed by atoms with Crippen LogP contribution in [0.15, 0.2) is 53.2 Å². The van der Waals surface area contributed by atoms with Crippen LogP contribution in [-0.2, 0) is 0 Å². The minimum absolute atomic E-state index is 0.197. The molecule has 4 aromatic rings. The fourth-order valence-electron chi connectivity index (χ4n) is 2.26. The number of rotatable bonds is 1. The highest BCUT2D eigenvalue weighted by Gasteiger charge is 2.16. The lowest BCUT2D eigenvalue weighted by molar-refractivity contribution is 0.667. The smallest absolute Gasteiger partial charge is 0.223 e. The van der Waals surface area contributed by atoms with E-state index in [-0.39, 0.29) is 5.28 Å². The van der Waals surface area contributed by atoms with Crippen molar-refractivity contribution in [3.63, 3.8) is 0 Å². The second-order valence-corrected chi connectivity index (χ2v) is 4.70. The summed E-state index contributed by atoms with van der Waals surface area (Å²) < 4.78 is 5.88. The molecular formula is C15H8ClN3O. The van der Waals surface area contributed by atoms with E-state index < -0.39 is 0 Å². The van der Waals surface area contributed by atoms with Crippen molar-refractivity contribution in [1.29, 1.82) is 0 Å². The van der Waals surface area contributed by atoms with Crippen molar-refractivity contribution < 1.29 is 4.42 Å². The van der Waals surface area contributed by atoms with E-state index in [0.717, 1.165) is 22.0 Å². The molecule has 1 aromatic carbocycles. The van der Waals surface area contributed by atoms with E-state index in [1.54, 1.807) is 12.4 Å². The SMILES string of the molecule is Clc1nc(-c2cccnc2)c2oc3ccccc3c2n1. The van der Waals surface area contributed by atoms with E-state index in [2.05, 4.69) is 15.0 Å². The van der Waals surface area contributed by atoms with Crippen molar-refractivity contribution >= 4 is 33.7 Å². The average Bonchev–Trinajstić information content (AvgIpc) is 2.86. The number of para-hydroxylation sites is 1. The Morgan fingerprint density at radius 3 is 2.75 bits per heavy atom. The maximum absolute atomic E-state index is 6.05. The molecule has 0 aliphatic rings. The number of benzene rings is 1. The Hall–Kier alpha value is -2.46. The molecule has 3 heterocycles. The predicted octanol–water partition coefficient (Wildman–Crippen LogP) is 4.09. The van der Waals surface area contributed by atoms with Gasteiger partial charge in [0.25, 0.3) is 0 Å². The summed E-state index contributed by atoms with van der Waals surface area (Å²) in [7, 11) is 0. The van der Waals surface area contributed by atoms with Crippen LogP contribution < -0.4 is 0 Å². The first kappa shape index (κ1) is 11.4. The first-order valence-electron chi connectivity index (χ1n) is 6.08. The van der Waals surface area contributed by atoms with Gasteiger partial charge in [-0.15, -0.1) is 0 Å². The monoisotopic (exact) mass is 281 g/mol. The van der Waals surface area contributed by atoms with E-state index in [1.165, 1.54) is 0 Å². The Morgan fingerprint density at radius 2 is 1.90 bits per heavy atom. The number of hydrogen-bond donors (Lipinski definition) is 0. The van der Waals surface area contributed by atoms with Crippen LogP contribution in [0.2, 0.25) is 5.28 Å². The number of halogens is 1. The number of pyridine rings is 1. The summed E-state index contributed by atoms with van der Waals surface area (Å²) >= 11 is 6.05. The van der Waals surface area contributed by atoms with Gasteiger partial charge >= 0.3 is 0 Å². The third-order valence-corrected chi connectivity index (χ3v) is 3.30. The third-order valence-electron chi connectivity index (χ3n) is 3.13. The molecule has 0 unspecified atom stereocenters. The number of aromatic nitrogens is 3. The summed E-state index contributed by atoms with van der Waals surface area (Å²) in [6, 6.07) is 11.5. The van der Waals surface area contributed by atoms with Crippen LogP contribution in [0.4, 0.5) is 0 Å². The average molecular weight is 282 g/mol. The highest BCUT2D eigenvalue weighted by atomic mass is 35.5. The largest absolute Gasteiger partial charge is 0.452 e. The Bertz CT molecular complexity index is 918. The normalized spacial score (nSPS) is 11.2. The van der Waals surface area contributed by atoms with E-state index in [4.69, 9.17) is 16.0 Å². The van der Waals surface area contributed by atoms with Gasteiger partial charge in [-0.1, -0.05) is 12.1 Å². The molecule has 4 nitrogen and oxygen atoms in total. The molecule has 0 amide bonds. The Kier molecular flexibility index (Phi) is 2.44. The summed E-state index contributed by atoms with van der Waals surface area (Å²) in [6.45, 7) is 0. The topological polar surface area (TPSA) is 51.8 Å². The fraction of sp³-hybridized carbons (Fsp3) is 0. The quantitative estimate of drug-likeness (QED) is 0.493. The van der Waals surface area contributed by atoms with E-state index in [9.17, 15) is 0 Å². The molecule has 0 fully saturated rings. The minimum Gasteiger partial charge on any atom is -0.452 e. The van der Waals surface area contributed by atoms with E-state index in [0.29, 0.717) is 11.3 Å². The fourth-order valence-corrected chi connectivity index (χ4v) is 2.43. The molecule has 0 spiro atoms. The van der Waals surface area contributed by atoms with E-state index >= 15 is 0 Å². The third kappa shape index (κ3) is 1.66. The van der Waals surface area contributed by atoms with Gasteiger partial charge in [-0.05, 0) is 35.9 Å². The van der Waals surface area contributed by atoms with Crippen molar-refractivity contribution in [2.75, 3.05) is 0 Å². The number of hydrogen-bond acceptors (Lipinski definition) is 4. The van der Waals surface area contributed by atoms with Gasteiger partial charge in [-0.3, -0.25) is 4.98 Å². The summed E-state index contributed by atoms with van der Waals surface area (Å²) in [6.07, 6.45) is 3.44. The Morgan fingerprint density at radius 1 is 1.00 bits per heavy atom. The van der Waals surface area contributed by atoms with Crippen LogP contribution in [0.3, 0.4) is 0 Å². The lowest BCUT2D eigenvalue weighted by atomic mass is 10.1. The molecule has 0 radical (unpaired) electrons.